The van der Waals surface area contributed by atoms with Crippen LogP contribution in [0.15, 0.2) is 36.4 Å². The number of hydrogen-bond acceptors (Lipinski definition) is 18. The molecule has 0 atom stereocenters. The van der Waals surface area contributed by atoms with Crippen LogP contribution < -0.4 is 37.9 Å². The van der Waals surface area contributed by atoms with Gasteiger partial charge in [0.25, 0.3) is 35.4 Å². The smallest absolute Gasteiger partial charge is 0.269 e. The fourth-order valence-corrected chi connectivity index (χ4v) is 6.36. The molecule has 7 rings (SSSR count). The van der Waals surface area contributed by atoms with E-state index < -0.39 is 69.9 Å². The Balaban J connectivity index is 1.49. The number of rotatable bonds is 14. The van der Waals surface area contributed by atoms with Crippen LogP contribution in [0, 0.1) is 0 Å². The van der Waals surface area contributed by atoms with Crippen LogP contribution in [0.5, 0.6) is 34.5 Å². The highest BCUT2D eigenvalue weighted by Gasteiger charge is 2.24. The number of nitrogens with two attached hydrogens (primary N) is 1. The summed E-state index contributed by atoms with van der Waals surface area (Å²) in [6.07, 6.45) is 0. The van der Waals surface area contributed by atoms with Crippen molar-refractivity contribution in [2.75, 3.05) is 112 Å². The van der Waals surface area contributed by atoms with Gasteiger partial charge >= 0.3 is 0 Å². The van der Waals surface area contributed by atoms with Gasteiger partial charge in [0.15, 0.2) is 34.5 Å². The first-order valence-electron chi connectivity index (χ1n) is 20.4. The number of methoxy groups -OCH3 is 1. The largest absolute Gasteiger partial charge is 0.504 e. The van der Waals surface area contributed by atoms with E-state index in [4.69, 9.17) is 20.1 Å². The molecule has 4 bridgehead atoms. The van der Waals surface area contributed by atoms with Gasteiger partial charge in [-0.25, -0.2) is 5.84 Å². The Morgan fingerprint density at radius 2 is 0.892 bits per heavy atom. The zero-order valence-electron chi connectivity index (χ0n) is 35.6. The molecule has 0 saturated heterocycles. The van der Waals surface area contributed by atoms with Gasteiger partial charge in [-0.2, -0.15) is 0 Å². The Hall–Kier alpha value is -6.96. The number of carbonyl (C=O) groups is 6. The van der Waals surface area contributed by atoms with Crippen LogP contribution in [-0.4, -0.2) is 188 Å². The predicted octanol–water partition coefficient (Wildman–Crippen LogP) is -2.13. The van der Waals surface area contributed by atoms with Crippen LogP contribution in [0.3, 0.4) is 0 Å². The maximum absolute atomic E-state index is 13.2. The van der Waals surface area contributed by atoms with E-state index in [1.165, 1.54) is 24.3 Å². The quantitative estimate of drug-likeness (QED) is 0.0270. The minimum atomic E-state index is -0.910. The van der Waals surface area contributed by atoms with Crippen LogP contribution in [-0.2, 0) is 14.2 Å². The van der Waals surface area contributed by atoms with Crippen LogP contribution >= 0.6 is 0 Å². The number of phenols is 6. The lowest BCUT2D eigenvalue weighted by molar-refractivity contribution is 0.0196. The Morgan fingerprint density at radius 1 is 0.538 bits per heavy atom. The second-order valence-corrected chi connectivity index (χ2v) is 14.2. The molecule has 0 aliphatic carbocycles. The van der Waals surface area contributed by atoms with Crippen molar-refractivity contribution in [3.63, 3.8) is 0 Å². The van der Waals surface area contributed by atoms with E-state index in [1.54, 1.807) is 17.4 Å². The van der Waals surface area contributed by atoms with Crippen molar-refractivity contribution in [2.24, 2.45) is 5.84 Å². The SMILES string of the molecule is COCCOCCOCCN1CCNC(=O)c2ccc(c(O)c2O)C(=O)NCCN(CCNC(=O)c2ccc(C(=O)NN)c(O)c2O)CCNC(=O)c2ccc(c(O)c2O)C(=O)NCC1. The summed E-state index contributed by atoms with van der Waals surface area (Å²) in [7, 11) is 1.56. The second kappa shape index (κ2) is 25.4. The number of benzene rings is 3. The number of nitrogens with one attached hydrogen (secondary N) is 6. The molecule has 4 aliphatic rings. The van der Waals surface area contributed by atoms with Crippen LogP contribution in [0.1, 0.15) is 62.1 Å². The van der Waals surface area contributed by atoms with E-state index in [9.17, 15) is 59.4 Å². The fraction of sp³-hybridized carbons (Fsp3) is 0.415. The molecule has 354 valence electrons. The maximum atomic E-state index is 13.2. The first kappa shape index (κ1) is 50.7. The normalized spacial score (nSPS) is 15.2. The topological polar surface area (TPSA) is 356 Å². The van der Waals surface area contributed by atoms with Gasteiger partial charge in [-0.3, -0.25) is 44.0 Å². The van der Waals surface area contributed by atoms with Gasteiger partial charge in [-0.1, -0.05) is 0 Å². The zero-order valence-corrected chi connectivity index (χ0v) is 35.6. The lowest BCUT2D eigenvalue weighted by atomic mass is 10.1. The molecule has 4 heterocycles. The van der Waals surface area contributed by atoms with Crippen molar-refractivity contribution in [2.45, 2.75) is 0 Å². The summed E-state index contributed by atoms with van der Waals surface area (Å²) in [5, 5.41) is 76.7. The summed E-state index contributed by atoms with van der Waals surface area (Å²) in [6, 6.07) is 6.87. The predicted molar refractivity (Wildman–Crippen MR) is 229 cm³/mol. The summed E-state index contributed by atoms with van der Waals surface area (Å²) >= 11 is 0. The molecule has 24 nitrogen and oxygen atoms in total. The van der Waals surface area contributed by atoms with E-state index in [2.05, 4.69) is 26.6 Å². The molecule has 6 amide bonds. The van der Waals surface area contributed by atoms with Crippen molar-refractivity contribution in [1.82, 2.24) is 41.8 Å². The zero-order chi connectivity index (χ0) is 47.5. The van der Waals surface area contributed by atoms with Gasteiger partial charge in [0.1, 0.15) is 0 Å². The van der Waals surface area contributed by atoms with Crippen LogP contribution in [0.4, 0.5) is 0 Å². The molecule has 0 saturated carbocycles. The highest BCUT2D eigenvalue weighted by molar-refractivity contribution is 6.04. The van der Waals surface area contributed by atoms with Crippen molar-refractivity contribution in [1.29, 1.82) is 0 Å². The number of nitrogens with zero attached hydrogens (tertiary/aromatic N) is 2. The van der Waals surface area contributed by atoms with Crippen LogP contribution in [0.25, 0.3) is 0 Å². The Kier molecular flexibility index (Phi) is 19.8. The summed E-state index contributed by atoms with van der Waals surface area (Å²) in [6.45, 7) is 2.64. The summed E-state index contributed by atoms with van der Waals surface area (Å²) in [4.78, 5) is 80.8. The number of nitrogen functional groups attached to an aromatic ring is 1. The van der Waals surface area contributed by atoms with E-state index in [0.717, 1.165) is 12.1 Å². The highest BCUT2D eigenvalue weighted by atomic mass is 16.5. The number of ether oxygens (including phenoxy) is 3. The average molecular weight is 914 g/mol. The summed E-state index contributed by atoms with van der Waals surface area (Å²) in [5.74, 6) is -4.84. The molecular formula is C41H55N9O15. The van der Waals surface area contributed by atoms with E-state index in [1.807, 2.05) is 4.90 Å². The van der Waals surface area contributed by atoms with Gasteiger partial charge in [0.05, 0.1) is 66.4 Å². The van der Waals surface area contributed by atoms with Gasteiger partial charge in [-0.05, 0) is 36.4 Å². The number of carbonyl (C=O) groups excluding carboxylic acids is 6. The molecule has 0 aromatic heterocycles. The molecule has 4 aliphatic heterocycles. The number of amides is 6. The fourth-order valence-electron chi connectivity index (χ4n) is 6.36. The number of hydrazine groups is 1. The lowest BCUT2D eigenvalue weighted by Crippen LogP contribution is -2.43. The van der Waals surface area contributed by atoms with E-state index in [0.29, 0.717) is 33.0 Å². The number of hydrogen-bond donors (Lipinski definition) is 13. The summed E-state index contributed by atoms with van der Waals surface area (Å²) < 4.78 is 16.0. The average Bonchev–Trinajstić information content (AvgIpc) is 3.28. The minimum Gasteiger partial charge on any atom is -0.504 e. The molecule has 0 spiro atoms. The molecule has 65 heavy (non-hydrogen) atoms. The molecule has 0 fully saturated rings. The first-order chi connectivity index (χ1) is 31.2. The third kappa shape index (κ3) is 14.3. The van der Waals surface area contributed by atoms with Crippen molar-refractivity contribution in [3.05, 3.63) is 69.8 Å². The van der Waals surface area contributed by atoms with Crippen molar-refractivity contribution in [3.8, 4) is 34.5 Å². The van der Waals surface area contributed by atoms with Crippen molar-refractivity contribution >= 4 is 35.4 Å². The van der Waals surface area contributed by atoms with Gasteiger partial charge in [0, 0.05) is 79.1 Å². The molecule has 14 N–H and O–H groups in total. The van der Waals surface area contributed by atoms with Gasteiger partial charge < -0.3 is 71.4 Å². The Labute approximate surface area is 372 Å². The molecule has 3 aromatic rings. The summed E-state index contributed by atoms with van der Waals surface area (Å²) in [5.41, 5.74) is -0.212. The maximum Gasteiger partial charge on any atom is 0.269 e. The van der Waals surface area contributed by atoms with Crippen LogP contribution in [0.2, 0.25) is 0 Å². The molecule has 24 heteroatoms. The lowest BCUT2D eigenvalue weighted by Gasteiger charge is -2.23. The molecule has 0 unspecified atom stereocenters. The van der Waals surface area contributed by atoms with E-state index in [-0.39, 0.29) is 105 Å². The number of aromatic hydroxyl groups is 6. The van der Waals surface area contributed by atoms with Gasteiger partial charge in [0.2, 0.25) is 0 Å². The Morgan fingerprint density at radius 3 is 1.28 bits per heavy atom. The first-order valence-corrected chi connectivity index (χ1v) is 20.4. The number of phenolic OH excluding ortho intramolecular Hbond substituents is 6. The minimum absolute atomic E-state index is 0.0438. The highest BCUT2D eigenvalue weighted by Crippen LogP contribution is 2.34. The third-order valence-electron chi connectivity index (χ3n) is 9.98. The third-order valence-corrected chi connectivity index (χ3v) is 9.98. The van der Waals surface area contributed by atoms with E-state index >= 15 is 0 Å². The monoisotopic (exact) mass is 913 g/mol. The Bertz CT molecular complexity index is 2080. The van der Waals surface area contributed by atoms with Crippen molar-refractivity contribution < 1.29 is 73.6 Å². The molecular weight excluding hydrogens is 858 g/mol. The molecule has 3 aromatic carbocycles. The molecule has 0 radical (unpaired) electrons. The standard InChI is InChI=1S/C41H55N9O15/c1-63-20-21-65-23-22-64-19-18-50-16-11-46-38(59)26-4-2-24(30(51)32(26)53)36(57)43-8-13-49(15-10-45-40(61)28-6-7-29(41(62)48-42)35(56)34(28)55)14-9-44-37(58)25-3-5-27(33(54)31(25)52)39(60)47-12-17-50/h2-7,51-56H,8-23,42H2,1H3,(H,43,57)(H,44,58)(H,45,61)(H,46,59)(H,47,60)(H,48,62). The van der Waals surface area contributed by atoms with Gasteiger partial charge in [-0.15, -0.1) is 0 Å². The second-order valence-electron chi connectivity index (χ2n) is 14.2.